The maximum absolute atomic E-state index is 12.9. The van der Waals surface area contributed by atoms with Crippen molar-refractivity contribution in [3.63, 3.8) is 0 Å². The summed E-state index contributed by atoms with van der Waals surface area (Å²) in [6, 6.07) is 12.0. The van der Waals surface area contributed by atoms with Gasteiger partial charge in [0, 0.05) is 11.4 Å². The third-order valence-electron chi connectivity index (χ3n) is 5.54. The summed E-state index contributed by atoms with van der Waals surface area (Å²) < 4.78 is 16.4. The van der Waals surface area contributed by atoms with Crippen LogP contribution in [0, 0.1) is 6.92 Å². The van der Waals surface area contributed by atoms with Crippen LogP contribution in [-0.4, -0.2) is 25.0 Å². The molecule has 0 atom stereocenters. The highest BCUT2D eigenvalue weighted by Gasteiger charge is 2.23. The smallest absolute Gasteiger partial charge is 0.343 e. The molecule has 0 bridgehead atoms. The fraction of sp³-hybridized carbons (Fsp3) is 0.333. The van der Waals surface area contributed by atoms with Gasteiger partial charge in [0.1, 0.15) is 22.8 Å². The molecule has 1 aliphatic rings. The maximum Gasteiger partial charge on any atom is 0.343 e. The zero-order valence-electron chi connectivity index (χ0n) is 17.2. The summed E-state index contributed by atoms with van der Waals surface area (Å²) in [5, 5.41) is 3.77. The van der Waals surface area contributed by atoms with E-state index in [1.165, 1.54) is 6.42 Å². The average Bonchev–Trinajstić information content (AvgIpc) is 3.09. The van der Waals surface area contributed by atoms with Crippen LogP contribution in [0.2, 0.25) is 0 Å². The Morgan fingerprint density at radius 1 is 1.00 bits per heavy atom. The lowest BCUT2D eigenvalue weighted by Gasteiger charge is -2.22. The molecule has 1 aliphatic carbocycles. The van der Waals surface area contributed by atoms with Gasteiger partial charge in [-0.15, -0.1) is 0 Å². The second-order valence-electron chi connectivity index (χ2n) is 7.62. The lowest BCUT2D eigenvalue weighted by molar-refractivity contribution is 0.0734. The van der Waals surface area contributed by atoms with Gasteiger partial charge in [-0.3, -0.25) is 4.79 Å². The summed E-state index contributed by atoms with van der Waals surface area (Å²) in [6.45, 7) is 1.78. The Hall–Kier alpha value is -3.28. The lowest BCUT2D eigenvalue weighted by atomic mass is 9.95. The number of rotatable bonds is 5. The summed E-state index contributed by atoms with van der Waals surface area (Å²) in [7, 11) is 1.57. The van der Waals surface area contributed by atoms with Crippen molar-refractivity contribution in [1.82, 2.24) is 5.32 Å². The van der Waals surface area contributed by atoms with Crippen LogP contribution >= 0.6 is 0 Å². The van der Waals surface area contributed by atoms with Gasteiger partial charge in [0.25, 0.3) is 5.91 Å². The molecule has 0 unspecified atom stereocenters. The monoisotopic (exact) mass is 407 g/mol. The number of hydrogen-bond acceptors (Lipinski definition) is 5. The molecular formula is C24H25NO5. The molecule has 156 valence electrons. The van der Waals surface area contributed by atoms with Gasteiger partial charge in [0.2, 0.25) is 0 Å². The van der Waals surface area contributed by atoms with Crippen LogP contribution < -0.4 is 14.8 Å². The molecule has 3 aromatic rings. The van der Waals surface area contributed by atoms with Crippen LogP contribution in [0.15, 0.2) is 46.9 Å². The van der Waals surface area contributed by atoms with Gasteiger partial charge in [0.05, 0.1) is 18.2 Å². The quantitative estimate of drug-likeness (QED) is 0.474. The molecule has 0 saturated heterocycles. The van der Waals surface area contributed by atoms with E-state index in [9.17, 15) is 9.59 Å². The predicted octanol–water partition coefficient (Wildman–Crippen LogP) is 5.03. The van der Waals surface area contributed by atoms with Crippen LogP contribution in [0.1, 0.15) is 58.6 Å². The van der Waals surface area contributed by atoms with Crippen molar-refractivity contribution in [2.45, 2.75) is 45.1 Å². The molecular weight excluding hydrogens is 382 g/mol. The molecule has 6 nitrogen and oxygen atoms in total. The van der Waals surface area contributed by atoms with Gasteiger partial charge in [0.15, 0.2) is 0 Å². The fourth-order valence-corrected chi connectivity index (χ4v) is 3.94. The van der Waals surface area contributed by atoms with E-state index in [2.05, 4.69) is 5.32 Å². The van der Waals surface area contributed by atoms with E-state index < -0.39 is 5.97 Å². The zero-order chi connectivity index (χ0) is 21.1. The highest BCUT2D eigenvalue weighted by Crippen LogP contribution is 2.30. The molecule has 1 aromatic heterocycles. The number of aryl methyl sites for hydroxylation is 1. The van der Waals surface area contributed by atoms with Crippen molar-refractivity contribution in [3.8, 4) is 11.5 Å². The summed E-state index contributed by atoms with van der Waals surface area (Å²) >= 11 is 0. The molecule has 2 aromatic carbocycles. The summed E-state index contributed by atoms with van der Waals surface area (Å²) in [6.07, 6.45) is 5.52. The van der Waals surface area contributed by atoms with Crippen molar-refractivity contribution >= 4 is 22.8 Å². The van der Waals surface area contributed by atoms with Gasteiger partial charge in [-0.2, -0.15) is 0 Å². The summed E-state index contributed by atoms with van der Waals surface area (Å²) in [5.41, 5.74) is 1.50. The number of amides is 1. The van der Waals surface area contributed by atoms with Crippen LogP contribution in [0.5, 0.6) is 11.5 Å². The van der Waals surface area contributed by atoms with Crippen molar-refractivity contribution in [3.05, 3.63) is 59.4 Å². The number of esters is 1. The standard InChI is InChI=1S/C24H25NO5/c1-15-22(23(26)25-17-6-4-3-5-7-17)20-14-19(12-13-21(20)29-15)30-24(27)16-8-10-18(28-2)11-9-16/h8-14,17H,3-7H2,1-2H3,(H,25,26). The average molecular weight is 407 g/mol. The number of carbonyl (C=O) groups is 2. The molecule has 0 radical (unpaired) electrons. The Bertz CT molecular complexity index is 1060. The van der Waals surface area contributed by atoms with Crippen molar-refractivity contribution in [1.29, 1.82) is 0 Å². The normalized spacial score (nSPS) is 14.5. The number of benzene rings is 2. The maximum atomic E-state index is 12.9. The van der Waals surface area contributed by atoms with Crippen molar-refractivity contribution in [2.75, 3.05) is 7.11 Å². The molecule has 1 heterocycles. The van der Waals surface area contributed by atoms with E-state index in [0.29, 0.717) is 39.4 Å². The molecule has 0 spiro atoms. The lowest BCUT2D eigenvalue weighted by Crippen LogP contribution is -2.36. The number of nitrogens with one attached hydrogen (secondary N) is 1. The van der Waals surface area contributed by atoms with Crippen LogP contribution in [0.25, 0.3) is 11.0 Å². The minimum atomic E-state index is -0.481. The van der Waals surface area contributed by atoms with Crippen LogP contribution in [-0.2, 0) is 0 Å². The van der Waals surface area contributed by atoms with Gasteiger partial charge < -0.3 is 19.2 Å². The first kappa shape index (κ1) is 20.0. The van der Waals surface area contributed by atoms with Gasteiger partial charge in [-0.1, -0.05) is 19.3 Å². The Morgan fingerprint density at radius 2 is 1.70 bits per heavy atom. The zero-order valence-corrected chi connectivity index (χ0v) is 17.2. The van der Waals surface area contributed by atoms with E-state index in [1.54, 1.807) is 56.5 Å². The third kappa shape index (κ3) is 4.17. The molecule has 1 N–H and O–H groups in total. The minimum Gasteiger partial charge on any atom is -0.497 e. The van der Waals surface area contributed by atoms with Crippen LogP contribution in [0.4, 0.5) is 0 Å². The minimum absolute atomic E-state index is 0.142. The molecule has 4 rings (SSSR count). The topological polar surface area (TPSA) is 77.8 Å². The third-order valence-corrected chi connectivity index (χ3v) is 5.54. The first-order chi connectivity index (χ1) is 14.5. The first-order valence-corrected chi connectivity index (χ1v) is 10.3. The number of ether oxygens (including phenoxy) is 2. The predicted molar refractivity (Wildman–Crippen MR) is 113 cm³/mol. The summed E-state index contributed by atoms with van der Waals surface area (Å²) in [5.74, 6) is 0.949. The fourth-order valence-electron chi connectivity index (χ4n) is 3.94. The van der Waals surface area contributed by atoms with Crippen molar-refractivity contribution < 1.29 is 23.5 Å². The molecule has 1 fully saturated rings. The van der Waals surface area contributed by atoms with E-state index in [0.717, 1.165) is 25.7 Å². The van der Waals surface area contributed by atoms with Gasteiger partial charge in [-0.25, -0.2) is 4.79 Å². The van der Waals surface area contributed by atoms with E-state index >= 15 is 0 Å². The first-order valence-electron chi connectivity index (χ1n) is 10.3. The van der Waals surface area contributed by atoms with E-state index in [4.69, 9.17) is 13.9 Å². The van der Waals surface area contributed by atoms with E-state index in [1.807, 2.05) is 0 Å². The SMILES string of the molecule is COc1ccc(C(=O)Oc2ccc3oc(C)c(C(=O)NC4CCCCC4)c3c2)cc1. The Kier molecular flexibility index (Phi) is 5.74. The van der Waals surface area contributed by atoms with Gasteiger partial charge >= 0.3 is 5.97 Å². The summed E-state index contributed by atoms with van der Waals surface area (Å²) in [4.78, 5) is 25.4. The second-order valence-corrected chi connectivity index (χ2v) is 7.62. The number of carbonyl (C=O) groups excluding carboxylic acids is 2. The highest BCUT2D eigenvalue weighted by atomic mass is 16.5. The molecule has 1 amide bonds. The van der Waals surface area contributed by atoms with E-state index in [-0.39, 0.29) is 11.9 Å². The van der Waals surface area contributed by atoms with Gasteiger partial charge in [-0.05, 0) is 62.2 Å². The molecule has 6 heteroatoms. The Morgan fingerprint density at radius 3 is 2.40 bits per heavy atom. The Labute approximate surface area is 175 Å². The molecule has 30 heavy (non-hydrogen) atoms. The largest absolute Gasteiger partial charge is 0.497 e. The number of methoxy groups -OCH3 is 1. The second kappa shape index (κ2) is 8.61. The molecule has 0 aliphatic heterocycles. The molecule has 1 saturated carbocycles. The number of hydrogen-bond donors (Lipinski definition) is 1. The highest BCUT2D eigenvalue weighted by molar-refractivity contribution is 6.07. The number of furan rings is 1. The Balaban J connectivity index is 1.56. The van der Waals surface area contributed by atoms with Crippen molar-refractivity contribution in [2.24, 2.45) is 0 Å². The van der Waals surface area contributed by atoms with Crippen LogP contribution in [0.3, 0.4) is 0 Å². The number of fused-ring (bicyclic) bond motifs is 1.